The second-order valence-corrected chi connectivity index (χ2v) is 6.22. The second-order valence-electron chi connectivity index (χ2n) is 5.35. The fourth-order valence-electron chi connectivity index (χ4n) is 2.24. The minimum atomic E-state index is -0.753. The number of hydrogen-bond donors (Lipinski definition) is 2. The molecule has 10 nitrogen and oxygen atoms in total. The smallest absolute Gasteiger partial charge is 0.282 e. The van der Waals surface area contributed by atoms with Gasteiger partial charge in [0.2, 0.25) is 0 Å². The molecule has 28 heavy (non-hydrogen) atoms. The highest BCUT2D eigenvalue weighted by atomic mass is 35.5. The molecule has 0 fully saturated rings. The number of nitrogens with zero attached hydrogens (tertiary/aromatic N) is 2. The van der Waals surface area contributed by atoms with Crippen LogP contribution in [0.2, 0.25) is 10.0 Å². The van der Waals surface area contributed by atoms with Gasteiger partial charge in [-0.3, -0.25) is 29.8 Å². The fraction of sp³-hybridized carbons (Fsp3) is 0.125. The minimum absolute atomic E-state index is 0.0807. The van der Waals surface area contributed by atoms with Gasteiger partial charge in [0.1, 0.15) is 11.1 Å². The highest BCUT2D eigenvalue weighted by Crippen LogP contribution is 2.23. The number of nitro benzene ring substituents is 2. The third kappa shape index (κ3) is 5.15. The molecule has 2 amide bonds. The lowest BCUT2D eigenvalue weighted by Crippen LogP contribution is -2.35. The van der Waals surface area contributed by atoms with E-state index < -0.39 is 33.0 Å². The summed E-state index contributed by atoms with van der Waals surface area (Å²) in [7, 11) is 0. The number of carbonyl (C=O) groups excluding carboxylic acids is 2. The average molecular weight is 427 g/mol. The number of halogens is 2. The Labute approximate surface area is 167 Å². The molecular formula is C16H12Cl2N4O6. The average Bonchev–Trinajstić information content (AvgIpc) is 2.64. The van der Waals surface area contributed by atoms with Gasteiger partial charge in [0.05, 0.1) is 9.85 Å². The fourth-order valence-corrected chi connectivity index (χ4v) is 2.59. The Morgan fingerprint density at radius 2 is 1.14 bits per heavy atom. The number of nitro groups is 2. The van der Waals surface area contributed by atoms with E-state index in [2.05, 4.69) is 10.6 Å². The molecule has 0 aromatic heterocycles. The minimum Gasteiger partial charge on any atom is -0.350 e. The first-order valence-electron chi connectivity index (χ1n) is 7.65. The van der Waals surface area contributed by atoms with Crippen molar-refractivity contribution in [2.45, 2.75) is 0 Å². The Kier molecular flexibility index (Phi) is 6.85. The van der Waals surface area contributed by atoms with Gasteiger partial charge in [0.25, 0.3) is 23.2 Å². The van der Waals surface area contributed by atoms with Crippen LogP contribution in [0.1, 0.15) is 20.7 Å². The van der Waals surface area contributed by atoms with Gasteiger partial charge in [-0.1, -0.05) is 23.2 Å². The van der Waals surface area contributed by atoms with Gasteiger partial charge in [-0.2, -0.15) is 0 Å². The van der Waals surface area contributed by atoms with Crippen LogP contribution in [0.15, 0.2) is 36.4 Å². The van der Waals surface area contributed by atoms with Crippen LogP contribution < -0.4 is 10.6 Å². The van der Waals surface area contributed by atoms with E-state index in [1.807, 2.05) is 0 Å². The maximum absolute atomic E-state index is 12.1. The van der Waals surface area contributed by atoms with Gasteiger partial charge in [-0.15, -0.1) is 0 Å². The van der Waals surface area contributed by atoms with E-state index in [4.69, 9.17) is 23.2 Å². The van der Waals surface area contributed by atoms with E-state index in [0.717, 1.165) is 24.3 Å². The van der Waals surface area contributed by atoms with E-state index in [-0.39, 0.29) is 34.3 Å². The van der Waals surface area contributed by atoms with E-state index in [1.165, 1.54) is 12.1 Å². The van der Waals surface area contributed by atoms with Crippen LogP contribution in [-0.4, -0.2) is 34.8 Å². The summed E-state index contributed by atoms with van der Waals surface area (Å²) in [6.45, 7) is -0.161. The summed E-state index contributed by atoms with van der Waals surface area (Å²) in [5, 5.41) is 27.1. The molecule has 2 aromatic rings. The van der Waals surface area contributed by atoms with Crippen LogP contribution in [0, 0.1) is 20.2 Å². The normalized spacial score (nSPS) is 10.2. The molecule has 12 heteroatoms. The third-order valence-corrected chi connectivity index (χ3v) is 3.97. The molecule has 0 atom stereocenters. The second kappa shape index (κ2) is 9.11. The Morgan fingerprint density at radius 3 is 1.46 bits per heavy atom. The van der Waals surface area contributed by atoms with Crippen LogP contribution >= 0.6 is 23.2 Å². The molecule has 0 heterocycles. The summed E-state index contributed by atoms with van der Waals surface area (Å²) in [5.74, 6) is -1.51. The molecule has 0 aliphatic heterocycles. The number of amides is 2. The lowest BCUT2D eigenvalue weighted by Gasteiger charge is -2.08. The van der Waals surface area contributed by atoms with Crippen molar-refractivity contribution in [2.75, 3.05) is 13.1 Å². The van der Waals surface area contributed by atoms with Crippen molar-refractivity contribution in [3.05, 3.63) is 77.8 Å². The maximum Gasteiger partial charge on any atom is 0.282 e. The zero-order chi connectivity index (χ0) is 20.8. The van der Waals surface area contributed by atoms with Crippen molar-refractivity contribution in [3.8, 4) is 0 Å². The third-order valence-electron chi connectivity index (χ3n) is 3.50. The highest BCUT2D eigenvalue weighted by Gasteiger charge is 2.22. The zero-order valence-corrected chi connectivity index (χ0v) is 15.5. The molecule has 0 bridgehead atoms. The molecule has 0 spiro atoms. The molecule has 0 aliphatic rings. The summed E-state index contributed by atoms with van der Waals surface area (Å²) in [6, 6.07) is 7.10. The number of rotatable bonds is 7. The predicted molar refractivity (Wildman–Crippen MR) is 101 cm³/mol. The standard InChI is InChI=1S/C16H12Cl2N4O6/c17-9-1-3-13(21(25)26)11(7-9)15(23)19-5-6-20-16(24)12-8-10(18)2-4-14(12)22(27)28/h1-4,7-8H,5-6H2,(H,19,23)(H,20,24). The summed E-state index contributed by atoms with van der Waals surface area (Å²) < 4.78 is 0. The van der Waals surface area contributed by atoms with Crippen LogP contribution in [0.3, 0.4) is 0 Å². The SMILES string of the molecule is O=C(NCCNC(=O)c1cc(Cl)ccc1[N+](=O)[O-])c1cc(Cl)ccc1[N+](=O)[O-]. The molecule has 0 unspecified atom stereocenters. The maximum atomic E-state index is 12.1. The van der Waals surface area contributed by atoms with Crippen molar-refractivity contribution in [1.29, 1.82) is 0 Å². The van der Waals surface area contributed by atoms with Crippen LogP contribution in [-0.2, 0) is 0 Å². The number of carbonyl (C=O) groups is 2. The Hall–Kier alpha value is -3.24. The van der Waals surface area contributed by atoms with Crippen LogP contribution in [0.4, 0.5) is 11.4 Å². The molecular weight excluding hydrogens is 415 g/mol. The first-order chi connectivity index (χ1) is 13.2. The van der Waals surface area contributed by atoms with Crippen molar-refractivity contribution in [1.82, 2.24) is 10.6 Å². The van der Waals surface area contributed by atoms with Gasteiger partial charge in [-0.05, 0) is 24.3 Å². The molecule has 0 aliphatic carbocycles. The zero-order valence-electron chi connectivity index (χ0n) is 14.0. The summed E-state index contributed by atoms with van der Waals surface area (Å²) in [6.07, 6.45) is 0. The van der Waals surface area contributed by atoms with Crippen molar-refractivity contribution in [2.24, 2.45) is 0 Å². The van der Waals surface area contributed by atoms with Gasteiger partial charge >= 0.3 is 0 Å². The molecule has 2 aromatic carbocycles. The van der Waals surface area contributed by atoms with E-state index >= 15 is 0 Å². The highest BCUT2D eigenvalue weighted by molar-refractivity contribution is 6.31. The molecule has 0 saturated heterocycles. The van der Waals surface area contributed by atoms with E-state index in [0.29, 0.717) is 0 Å². The lowest BCUT2D eigenvalue weighted by molar-refractivity contribution is -0.385. The largest absolute Gasteiger partial charge is 0.350 e. The van der Waals surface area contributed by atoms with Crippen molar-refractivity contribution in [3.63, 3.8) is 0 Å². The number of benzene rings is 2. The summed E-state index contributed by atoms with van der Waals surface area (Å²) >= 11 is 11.5. The van der Waals surface area contributed by atoms with Crippen LogP contribution in [0.25, 0.3) is 0 Å². The molecule has 0 saturated carbocycles. The van der Waals surface area contributed by atoms with E-state index in [9.17, 15) is 29.8 Å². The lowest BCUT2D eigenvalue weighted by atomic mass is 10.1. The molecule has 146 valence electrons. The monoisotopic (exact) mass is 426 g/mol. The summed E-state index contributed by atoms with van der Waals surface area (Å²) in [4.78, 5) is 44.8. The summed E-state index contributed by atoms with van der Waals surface area (Å²) in [5.41, 5.74) is -1.29. The van der Waals surface area contributed by atoms with Gasteiger partial charge in [0.15, 0.2) is 0 Å². The van der Waals surface area contributed by atoms with Gasteiger partial charge in [-0.25, -0.2) is 0 Å². The first-order valence-corrected chi connectivity index (χ1v) is 8.40. The molecule has 0 radical (unpaired) electrons. The Morgan fingerprint density at radius 1 is 0.786 bits per heavy atom. The Bertz CT molecular complexity index is 889. The molecule has 2 rings (SSSR count). The first kappa shape index (κ1) is 21.1. The van der Waals surface area contributed by atoms with E-state index in [1.54, 1.807) is 0 Å². The van der Waals surface area contributed by atoms with Gasteiger partial charge in [0, 0.05) is 35.3 Å². The van der Waals surface area contributed by atoms with Crippen molar-refractivity contribution >= 4 is 46.4 Å². The van der Waals surface area contributed by atoms with Crippen molar-refractivity contribution < 1.29 is 19.4 Å². The van der Waals surface area contributed by atoms with Gasteiger partial charge < -0.3 is 10.6 Å². The van der Waals surface area contributed by atoms with Crippen LogP contribution in [0.5, 0.6) is 0 Å². The topological polar surface area (TPSA) is 144 Å². The number of nitrogens with one attached hydrogen (secondary N) is 2. The predicted octanol–water partition coefficient (Wildman–Crippen LogP) is 2.97. The number of hydrogen-bond acceptors (Lipinski definition) is 6. The molecule has 2 N–H and O–H groups in total. The Balaban J connectivity index is 1.98. The quantitative estimate of drug-likeness (QED) is 0.395.